The molecule has 0 N–H and O–H groups in total. The van der Waals surface area contributed by atoms with E-state index >= 15 is 0 Å². The molecule has 0 bridgehead atoms. The van der Waals surface area contributed by atoms with Crippen molar-refractivity contribution in [3.05, 3.63) is 35.7 Å². The number of rotatable bonds is 0. The van der Waals surface area contributed by atoms with Gasteiger partial charge in [0.25, 0.3) is 0 Å². The van der Waals surface area contributed by atoms with Crippen molar-refractivity contribution >= 4 is 0 Å². The van der Waals surface area contributed by atoms with Gasteiger partial charge < -0.3 is 4.74 Å². The predicted molar refractivity (Wildman–Crippen MR) is 43.6 cm³/mol. The highest BCUT2D eigenvalue weighted by atomic mass is 16.5. The largest absolute Gasteiger partial charge is 0.493 e. The molecule has 0 fully saturated rings. The van der Waals surface area contributed by atoms with Gasteiger partial charge in [-0.15, -0.1) is 0 Å². The summed E-state index contributed by atoms with van der Waals surface area (Å²) < 4.78 is 5.35. The fraction of sp³-hybridized carbons (Fsp3) is 0.200. The Hall–Kier alpha value is -1.49. The van der Waals surface area contributed by atoms with Crippen molar-refractivity contribution in [2.45, 2.75) is 6.42 Å². The van der Waals surface area contributed by atoms with Gasteiger partial charge >= 0.3 is 0 Å². The second-order valence-electron chi connectivity index (χ2n) is 2.57. The average Bonchev–Trinajstić information content (AvgIpc) is 2.17. The summed E-state index contributed by atoms with van der Waals surface area (Å²) in [5.41, 5.74) is 1.47. The Balaban J connectivity index is 2.53. The Bertz CT molecular complexity index is 338. The third kappa shape index (κ3) is 1.04. The van der Waals surface area contributed by atoms with E-state index in [1.54, 1.807) is 6.07 Å². The summed E-state index contributed by atoms with van der Waals surface area (Å²) in [5, 5.41) is 8.75. The molecule has 2 radical (unpaired) electrons. The molecule has 2 heteroatoms. The monoisotopic (exact) mass is 157 g/mol. The Kier molecular flexibility index (Phi) is 1.71. The van der Waals surface area contributed by atoms with Crippen molar-refractivity contribution in [1.29, 1.82) is 5.26 Å². The highest BCUT2D eigenvalue weighted by molar-refractivity contribution is 5.51. The molecule has 0 saturated heterocycles. The minimum atomic E-state index is 0.646. The molecule has 0 aromatic heterocycles. The minimum Gasteiger partial charge on any atom is -0.493 e. The van der Waals surface area contributed by atoms with Gasteiger partial charge in [-0.2, -0.15) is 5.26 Å². The smallest absolute Gasteiger partial charge is 0.124 e. The van der Waals surface area contributed by atoms with E-state index in [4.69, 9.17) is 10.00 Å². The van der Waals surface area contributed by atoms with Crippen LogP contribution in [0.15, 0.2) is 18.2 Å². The van der Waals surface area contributed by atoms with Gasteiger partial charge in [0.1, 0.15) is 5.75 Å². The number of fused-ring (bicyclic) bond motifs is 1. The highest BCUT2D eigenvalue weighted by Crippen LogP contribution is 2.28. The van der Waals surface area contributed by atoms with Crippen LogP contribution in [-0.2, 0) is 0 Å². The number of hydrogen-bond acceptors (Lipinski definition) is 2. The minimum absolute atomic E-state index is 0.646. The third-order valence-electron chi connectivity index (χ3n) is 1.81. The SMILES string of the molecule is N#Cc1cccc2c1[C]CCO2. The van der Waals surface area contributed by atoms with Gasteiger partial charge in [-0.1, -0.05) is 6.07 Å². The maximum absolute atomic E-state index is 8.75. The first-order valence-corrected chi connectivity index (χ1v) is 3.81. The van der Waals surface area contributed by atoms with Gasteiger partial charge in [0.05, 0.1) is 18.2 Å². The first-order chi connectivity index (χ1) is 5.92. The predicted octanol–water partition coefficient (Wildman–Crippen LogP) is 1.77. The van der Waals surface area contributed by atoms with E-state index in [-0.39, 0.29) is 0 Å². The molecule has 0 aliphatic carbocycles. The van der Waals surface area contributed by atoms with Crippen LogP contribution in [0.3, 0.4) is 0 Å². The average molecular weight is 157 g/mol. The topological polar surface area (TPSA) is 33.0 Å². The van der Waals surface area contributed by atoms with E-state index in [0.717, 1.165) is 17.7 Å². The zero-order valence-electron chi connectivity index (χ0n) is 6.50. The van der Waals surface area contributed by atoms with E-state index in [9.17, 15) is 0 Å². The van der Waals surface area contributed by atoms with Crippen molar-refractivity contribution in [2.75, 3.05) is 6.61 Å². The first kappa shape index (κ1) is 7.17. The van der Waals surface area contributed by atoms with Crippen LogP contribution in [0, 0.1) is 17.8 Å². The van der Waals surface area contributed by atoms with Crippen molar-refractivity contribution in [3.63, 3.8) is 0 Å². The van der Waals surface area contributed by atoms with Crippen molar-refractivity contribution < 1.29 is 4.74 Å². The van der Waals surface area contributed by atoms with Crippen LogP contribution in [0.25, 0.3) is 0 Å². The summed E-state index contributed by atoms with van der Waals surface area (Å²) in [4.78, 5) is 0. The lowest BCUT2D eigenvalue weighted by molar-refractivity contribution is 0.306. The molecule has 1 aliphatic heterocycles. The first-order valence-electron chi connectivity index (χ1n) is 3.81. The van der Waals surface area contributed by atoms with Crippen molar-refractivity contribution in [3.8, 4) is 11.8 Å². The Morgan fingerprint density at radius 1 is 1.50 bits per heavy atom. The van der Waals surface area contributed by atoms with E-state index in [0.29, 0.717) is 12.2 Å². The maximum Gasteiger partial charge on any atom is 0.124 e. The van der Waals surface area contributed by atoms with Crippen molar-refractivity contribution in [2.24, 2.45) is 0 Å². The molecule has 0 atom stereocenters. The lowest BCUT2D eigenvalue weighted by Crippen LogP contribution is -2.07. The third-order valence-corrected chi connectivity index (χ3v) is 1.81. The van der Waals surface area contributed by atoms with Crippen LogP contribution in [0.1, 0.15) is 17.5 Å². The standard InChI is InChI=1S/C10H7NO/c11-7-8-3-1-5-10-9(8)4-2-6-12-10/h1,3,5H,2,6H2. The summed E-state index contributed by atoms with van der Waals surface area (Å²) in [6, 6.07) is 7.58. The summed E-state index contributed by atoms with van der Waals surface area (Å²) in [5.74, 6) is 0.778. The fourth-order valence-corrected chi connectivity index (χ4v) is 1.26. The lowest BCUT2D eigenvalue weighted by atomic mass is 10.0. The number of ether oxygens (including phenoxy) is 1. The fourth-order valence-electron chi connectivity index (χ4n) is 1.26. The zero-order valence-corrected chi connectivity index (χ0v) is 6.50. The Morgan fingerprint density at radius 3 is 3.25 bits per heavy atom. The van der Waals surface area contributed by atoms with Crippen LogP contribution in [0.2, 0.25) is 0 Å². The summed E-state index contributed by atoms with van der Waals surface area (Å²) >= 11 is 0. The Labute approximate surface area is 71.4 Å². The van der Waals surface area contributed by atoms with Gasteiger partial charge in [0, 0.05) is 12.0 Å². The second kappa shape index (κ2) is 2.86. The van der Waals surface area contributed by atoms with Crippen LogP contribution in [-0.4, -0.2) is 6.61 Å². The lowest BCUT2D eigenvalue weighted by Gasteiger charge is -2.16. The number of benzene rings is 1. The second-order valence-corrected chi connectivity index (χ2v) is 2.57. The van der Waals surface area contributed by atoms with Crippen LogP contribution in [0.4, 0.5) is 0 Å². The van der Waals surface area contributed by atoms with Crippen LogP contribution in [0.5, 0.6) is 5.75 Å². The molecule has 2 nitrogen and oxygen atoms in total. The molecule has 1 aliphatic rings. The number of nitriles is 1. The number of nitrogens with zero attached hydrogens (tertiary/aromatic N) is 1. The van der Waals surface area contributed by atoms with Crippen LogP contribution < -0.4 is 4.74 Å². The van der Waals surface area contributed by atoms with Gasteiger partial charge in [-0.3, -0.25) is 0 Å². The molecular weight excluding hydrogens is 150 g/mol. The molecule has 1 aromatic rings. The molecule has 0 saturated carbocycles. The Morgan fingerprint density at radius 2 is 2.42 bits per heavy atom. The maximum atomic E-state index is 8.75. The van der Waals surface area contributed by atoms with E-state index in [2.05, 4.69) is 12.5 Å². The van der Waals surface area contributed by atoms with Crippen LogP contribution >= 0.6 is 0 Å². The molecule has 12 heavy (non-hydrogen) atoms. The normalized spacial score (nSPS) is 14.2. The molecule has 58 valence electrons. The summed E-state index contributed by atoms with van der Waals surface area (Å²) in [6.45, 7) is 0.669. The zero-order chi connectivity index (χ0) is 8.39. The molecule has 0 unspecified atom stereocenters. The van der Waals surface area contributed by atoms with Gasteiger partial charge in [-0.25, -0.2) is 0 Å². The van der Waals surface area contributed by atoms with Gasteiger partial charge in [0.15, 0.2) is 0 Å². The highest BCUT2D eigenvalue weighted by Gasteiger charge is 2.13. The van der Waals surface area contributed by atoms with E-state index < -0.39 is 0 Å². The molecule has 0 amide bonds. The van der Waals surface area contributed by atoms with Crippen molar-refractivity contribution in [1.82, 2.24) is 0 Å². The van der Waals surface area contributed by atoms with E-state index in [1.165, 1.54) is 0 Å². The molecular formula is C10H7NO. The number of hydrogen-bond donors (Lipinski definition) is 0. The van der Waals surface area contributed by atoms with Gasteiger partial charge in [-0.05, 0) is 18.6 Å². The van der Waals surface area contributed by atoms with Gasteiger partial charge in [0.2, 0.25) is 0 Å². The summed E-state index contributed by atoms with van der Waals surface area (Å²) in [7, 11) is 0. The molecule has 2 rings (SSSR count). The molecule has 0 spiro atoms. The molecule has 1 heterocycles. The van der Waals surface area contributed by atoms with E-state index in [1.807, 2.05) is 12.1 Å². The quantitative estimate of drug-likeness (QED) is 0.575. The molecule has 1 aromatic carbocycles. The summed E-state index contributed by atoms with van der Waals surface area (Å²) in [6.07, 6.45) is 3.90.